The molecule has 1 heterocycles. The quantitative estimate of drug-likeness (QED) is 0.713. The van der Waals surface area contributed by atoms with Crippen LogP contribution in [0.3, 0.4) is 0 Å². The predicted molar refractivity (Wildman–Crippen MR) is 67.3 cm³/mol. The molecule has 0 radical (unpaired) electrons. The molecule has 2 nitrogen and oxygen atoms in total. The van der Waals surface area contributed by atoms with Crippen LogP contribution in [-0.2, 0) is 0 Å². The fourth-order valence-electron chi connectivity index (χ4n) is 1.20. The Morgan fingerprint density at radius 2 is 1.17 bits per heavy atom. The maximum atomic E-state index is 12.6. The fraction of sp³-hybridized carbons (Fsp3) is 0.286. The highest BCUT2D eigenvalue weighted by Crippen LogP contribution is 2.12. The highest BCUT2D eigenvalue weighted by atomic mass is 19.1. The third-order valence-electron chi connectivity index (χ3n) is 2.35. The lowest BCUT2D eigenvalue weighted by molar-refractivity contribution is 0.585. The lowest BCUT2D eigenvalue weighted by Gasteiger charge is -1.98. The van der Waals surface area contributed by atoms with Crippen LogP contribution in [0.25, 0.3) is 0 Å². The molecule has 0 aliphatic rings. The molecule has 0 amide bonds. The van der Waals surface area contributed by atoms with Gasteiger partial charge in [-0.2, -0.15) is 0 Å². The van der Waals surface area contributed by atoms with Crippen molar-refractivity contribution in [3.63, 3.8) is 0 Å². The summed E-state index contributed by atoms with van der Waals surface area (Å²) in [7, 11) is 0. The molecule has 1 aromatic heterocycles. The van der Waals surface area contributed by atoms with Crippen LogP contribution in [0.1, 0.15) is 22.5 Å². The van der Waals surface area contributed by atoms with Crippen molar-refractivity contribution in [2.75, 3.05) is 0 Å². The lowest BCUT2D eigenvalue weighted by Crippen LogP contribution is -1.88. The van der Waals surface area contributed by atoms with Gasteiger partial charge in [-0.05, 0) is 56.5 Å². The van der Waals surface area contributed by atoms with Gasteiger partial charge in [0, 0.05) is 12.4 Å². The van der Waals surface area contributed by atoms with Crippen molar-refractivity contribution >= 4 is 0 Å². The molecule has 0 unspecified atom stereocenters. The lowest BCUT2D eigenvalue weighted by atomic mass is 10.1. The second-order valence-electron chi connectivity index (χ2n) is 4.16. The average Bonchev–Trinajstić information content (AvgIpc) is 2.31. The fourth-order valence-corrected chi connectivity index (χ4v) is 1.20. The van der Waals surface area contributed by atoms with Gasteiger partial charge in [0.25, 0.3) is 0 Å². The van der Waals surface area contributed by atoms with Crippen molar-refractivity contribution in [1.82, 2.24) is 9.97 Å². The molecule has 0 spiro atoms. The molecular weight excluding hydrogens is 234 g/mol. The van der Waals surface area contributed by atoms with Crippen molar-refractivity contribution in [2.45, 2.75) is 27.7 Å². The van der Waals surface area contributed by atoms with E-state index in [2.05, 4.69) is 9.97 Å². The van der Waals surface area contributed by atoms with E-state index in [1.54, 1.807) is 0 Å². The molecule has 0 aliphatic carbocycles. The second kappa shape index (κ2) is 6.19. The van der Waals surface area contributed by atoms with Gasteiger partial charge in [-0.3, -0.25) is 0 Å². The molecule has 0 atom stereocenters. The van der Waals surface area contributed by atoms with Crippen molar-refractivity contribution in [3.8, 4) is 0 Å². The second-order valence-corrected chi connectivity index (χ2v) is 4.16. The molecule has 96 valence electrons. The first-order chi connectivity index (χ1) is 8.40. The molecule has 2 rings (SSSR count). The Labute approximate surface area is 106 Å². The van der Waals surface area contributed by atoms with Gasteiger partial charge < -0.3 is 0 Å². The molecule has 0 aliphatic heterocycles. The summed E-state index contributed by atoms with van der Waals surface area (Å²) in [4.78, 5) is 7.94. The van der Waals surface area contributed by atoms with Crippen molar-refractivity contribution < 1.29 is 8.78 Å². The van der Waals surface area contributed by atoms with Crippen LogP contribution in [0.5, 0.6) is 0 Å². The molecule has 18 heavy (non-hydrogen) atoms. The van der Waals surface area contributed by atoms with Gasteiger partial charge in [-0.15, -0.1) is 0 Å². The van der Waals surface area contributed by atoms with Crippen molar-refractivity contribution in [1.29, 1.82) is 0 Å². The summed E-state index contributed by atoms with van der Waals surface area (Å²) in [6, 6.07) is 2.40. The number of rotatable bonds is 0. The maximum Gasteiger partial charge on any atom is 0.126 e. The number of hydrogen-bond acceptors (Lipinski definition) is 2. The van der Waals surface area contributed by atoms with E-state index in [4.69, 9.17) is 0 Å². The Morgan fingerprint density at radius 3 is 1.50 bits per heavy atom. The normalized spacial score (nSPS) is 9.67. The Hall–Kier alpha value is -1.84. The summed E-state index contributed by atoms with van der Waals surface area (Å²) in [5.41, 5.74) is 1.81. The van der Waals surface area contributed by atoms with Crippen LogP contribution in [0, 0.1) is 39.3 Å². The molecule has 4 heteroatoms. The molecule has 2 aromatic rings. The molecule has 0 N–H and O–H groups in total. The molecule has 0 bridgehead atoms. The highest BCUT2D eigenvalue weighted by Gasteiger charge is 2.01. The van der Waals surface area contributed by atoms with Gasteiger partial charge in [-0.1, -0.05) is 0 Å². The number of halogens is 2. The molecule has 0 fully saturated rings. The maximum absolute atomic E-state index is 12.6. The van der Waals surface area contributed by atoms with E-state index in [-0.39, 0.29) is 11.6 Å². The van der Waals surface area contributed by atoms with Crippen LogP contribution in [0.15, 0.2) is 24.5 Å². The van der Waals surface area contributed by atoms with Crippen LogP contribution >= 0.6 is 0 Å². The number of hydrogen-bond donors (Lipinski definition) is 0. The zero-order valence-electron chi connectivity index (χ0n) is 11.0. The zero-order valence-corrected chi connectivity index (χ0v) is 11.0. The molecule has 0 saturated carbocycles. The summed E-state index contributed by atoms with van der Waals surface area (Å²) >= 11 is 0. The third-order valence-corrected chi connectivity index (χ3v) is 2.35. The van der Waals surface area contributed by atoms with Gasteiger partial charge in [0.1, 0.15) is 17.5 Å². The van der Waals surface area contributed by atoms with E-state index < -0.39 is 0 Å². The van der Waals surface area contributed by atoms with Crippen molar-refractivity contribution in [2.24, 2.45) is 0 Å². The molecule has 1 aromatic carbocycles. The van der Waals surface area contributed by atoms with E-state index >= 15 is 0 Å². The SMILES string of the molecule is Cc1cc(F)c(C)cc1F.Cc1cnc(C)nc1. The first-order valence-electron chi connectivity index (χ1n) is 5.57. The Morgan fingerprint density at radius 1 is 0.778 bits per heavy atom. The third kappa shape index (κ3) is 4.20. The van der Waals surface area contributed by atoms with E-state index in [1.165, 1.54) is 26.0 Å². The number of benzene rings is 1. The average molecular weight is 250 g/mol. The van der Waals surface area contributed by atoms with Crippen molar-refractivity contribution in [3.05, 3.63) is 58.7 Å². The Kier molecular flexibility index (Phi) is 4.89. The van der Waals surface area contributed by atoms with Gasteiger partial charge in [0.05, 0.1) is 0 Å². The summed E-state index contributed by atoms with van der Waals surface area (Å²) in [5, 5.41) is 0. The van der Waals surface area contributed by atoms with E-state index in [1.807, 2.05) is 26.2 Å². The molecular formula is C14H16F2N2. The Balaban J connectivity index is 0.000000184. The van der Waals surface area contributed by atoms with Crippen LogP contribution in [-0.4, -0.2) is 9.97 Å². The van der Waals surface area contributed by atoms with Gasteiger partial charge in [0.2, 0.25) is 0 Å². The van der Waals surface area contributed by atoms with E-state index in [0.717, 1.165) is 11.4 Å². The van der Waals surface area contributed by atoms with Gasteiger partial charge >= 0.3 is 0 Å². The van der Waals surface area contributed by atoms with Crippen LogP contribution in [0.2, 0.25) is 0 Å². The minimum Gasteiger partial charge on any atom is -0.241 e. The summed E-state index contributed by atoms with van der Waals surface area (Å²) < 4.78 is 25.2. The number of nitrogens with zero attached hydrogens (tertiary/aromatic N) is 2. The van der Waals surface area contributed by atoms with Gasteiger partial charge in [0.15, 0.2) is 0 Å². The molecule has 0 saturated heterocycles. The largest absolute Gasteiger partial charge is 0.241 e. The summed E-state index contributed by atoms with van der Waals surface area (Å²) in [5.74, 6) is 0.133. The van der Waals surface area contributed by atoms with E-state index in [9.17, 15) is 8.78 Å². The summed E-state index contributed by atoms with van der Waals surface area (Å²) in [6.07, 6.45) is 3.62. The van der Waals surface area contributed by atoms with E-state index in [0.29, 0.717) is 11.1 Å². The smallest absolute Gasteiger partial charge is 0.126 e. The topological polar surface area (TPSA) is 25.8 Å². The van der Waals surface area contributed by atoms with Crippen LogP contribution < -0.4 is 0 Å². The zero-order chi connectivity index (χ0) is 13.7. The first kappa shape index (κ1) is 14.2. The Bertz CT molecular complexity index is 451. The predicted octanol–water partition coefficient (Wildman–Crippen LogP) is 3.68. The van der Waals surface area contributed by atoms with Crippen LogP contribution in [0.4, 0.5) is 8.78 Å². The standard InChI is InChI=1S/C8H8F2.C6H8N2/c1-5-3-8(10)6(2)4-7(5)9;1-5-3-7-6(2)8-4-5/h3-4H,1-2H3;3-4H,1-2H3. The highest BCUT2D eigenvalue weighted by molar-refractivity contribution is 5.23. The monoisotopic (exact) mass is 250 g/mol. The number of aromatic nitrogens is 2. The minimum absolute atomic E-state index is 0.348. The van der Waals surface area contributed by atoms with Gasteiger partial charge in [-0.25, -0.2) is 18.7 Å². The summed E-state index contributed by atoms with van der Waals surface area (Å²) in [6.45, 7) is 6.93. The minimum atomic E-state index is -0.348. The first-order valence-corrected chi connectivity index (χ1v) is 5.57. The number of aryl methyl sites for hydroxylation is 4.